The van der Waals surface area contributed by atoms with Crippen molar-refractivity contribution in [2.75, 3.05) is 4.90 Å². The number of aromatic nitrogens is 3. The number of rotatable bonds is 7. The van der Waals surface area contributed by atoms with Crippen molar-refractivity contribution in [3.63, 3.8) is 0 Å². The van der Waals surface area contributed by atoms with Crippen LogP contribution in [-0.4, -0.2) is 14.7 Å². The minimum atomic E-state index is 0.483. The van der Waals surface area contributed by atoms with Gasteiger partial charge in [0.25, 0.3) is 5.89 Å². The van der Waals surface area contributed by atoms with E-state index in [1.165, 1.54) is 43.7 Å². The Morgan fingerprint density at radius 2 is 0.943 bits per heavy atom. The Morgan fingerprint density at radius 3 is 1.60 bits per heavy atom. The lowest BCUT2D eigenvalue weighted by Gasteiger charge is -2.26. The average Bonchev–Trinajstić information content (AvgIpc) is 3.86. The monoisotopic (exact) mass is 680 g/mol. The van der Waals surface area contributed by atoms with E-state index in [-0.39, 0.29) is 0 Å². The normalized spacial score (nSPS) is 11.4. The Morgan fingerprint density at radius 1 is 0.415 bits per heavy atom. The molecule has 5 heteroatoms. The Kier molecular flexibility index (Phi) is 7.40. The number of nitrogens with zero attached hydrogens (tertiary/aromatic N) is 4. The van der Waals surface area contributed by atoms with E-state index in [1.54, 1.807) is 0 Å². The fraction of sp³-hybridized carbons (Fsp3) is 0. The number of para-hydroxylation sites is 2. The van der Waals surface area contributed by atoms with Gasteiger partial charge in [0.05, 0.1) is 11.0 Å². The molecule has 0 N–H and O–H groups in total. The molecule has 0 saturated carbocycles. The van der Waals surface area contributed by atoms with Crippen LogP contribution < -0.4 is 4.90 Å². The summed E-state index contributed by atoms with van der Waals surface area (Å²) >= 11 is 0. The Labute approximate surface area is 306 Å². The fourth-order valence-corrected chi connectivity index (χ4v) is 7.46. The van der Waals surface area contributed by atoms with Crippen LogP contribution in [0.25, 0.3) is 72.2 Å². The van der Waals surface area contributed by atoms with Crippen LogP contribution in [0.1, 0.15) is 0 Å². The quantitative estimate of drug-likeness (QED) is 0.168. The first-order valence-electron chi connectivity index (χ1n) is 17.8. The summed E-state index contributed by atoms with van der Waals surface area (Å²) in [4.78, 5) is 6.97. The summed E-state index contributed by atoms with van der Waals surface area (Å²) < 4.78 is 8.04. The van der Waals surface area contributed by atoms with Crippen molar-refractivity contribution in [1.29, 1.82) is 0 Å². The lowest BCUT2D eigenvalue weighted by atomic mass is 9.98. The molecule has 2 aromatic heterocycles. The van der Waals surface area contributed by atoms with Gasteiger partial charge in [0.2, 0.25) is 5.82 Å². The molecule has 10 rings (SSSR count). The molecule has 0 amide bonds. The van der Waals surface area contributed by atoms with Gasteiger partial charge in [-0.1, -0.05) is 126 Å². The minimum Gasteiger partial charge on any atom is -0.334 e. The Bertz CT molecular complexity index is 2810. The molecule has 0 bridgehead atoms. The number of benzene rings is 8. The van der Waals surface area contributed by atoms with Gasteiger partial charge in [0, 0.05) is 44.6 Å². The summed E-state index contributed by atoms with van der Waals surface area (Å²) in [6, 6.07) is 68.1. The summed E-state index contributed by atoms with van der Waals surface area (Å²) in [5.41, 5.74) is 10.8. The van der Waals surface area contributed by atoms with Gasteiger partial charge in [0.15, 0.2) is 0 Å². The molecule has 10 aromatic rings. The standard InChI is InChI=1S/C48H32N4O/c1-2-12-35(13-3-1)47-49-48(53-50-47)36-23-27-38(28-24-36)51(37-25-21-34(22-26-37)42-18-10-14-33-11-4-5-15-41(33)42)39-29-31-40(32-30-39)52-45-19-8-6-16-43(45)44-17-7-9-20-46(44)52/h1-32H. The first-order valence-corrected chi connectivity index (χ1v) is 17.8. The molecule has 0 aliphatic heterocycles. The van der Waals surface area contributed by atoms with Gasteiger partial charge in [-0.15, -0.1) is 0 Å². The average molecular weight is 681 g/mol. The maximum absolute atomic E-state index is 5.69. The van der Waals surface area contributed by atoms with Gasteiger partial charge in [-0.25, -0.2) is 0 Å². The van der Waals surface area contributed by atoms with Crippen LogP contribution in [0.2, 0.25) is 0 Å². The van der Waals surface area contributed by atoms with E-state index in [0.717, 1.165) is 33.9 Å². The molecule has 5 nitrogen and oxygen atoms in total. The zero-order valence-corrected chi connectivity index (χ0v) is 28.7. The topological polar surface area (TPSA) is 47.1 Å². The lowest BCUT2D eigenvalue weighted by molar-refractivity contribution is 0.432. The molecule has 250 valence electrons. The molecule has 53 heavy (non-hydrogen) atoms. The van der Waals surface area contributed by atoms with Gasteiger partial charge in [-0.2, -0.15) is 4.98 Å². The largest absolute Gasteiger partial charge is 0.334 e. The molecule has 0 aliphatic carbocycles. The van der Waals surface area contributed by atoms with Crippen LogP contribution in [0.15, 0.2) is 199 Å². The van der Waals surface area contributed by atoms with Gasteiger partial charge < -0.3 is 14.0 Å². The second-order valence-corrected chi connectivity index (χ2v) is 13.1. The van der Waals surface area contributed by atoms with Crippen molar-refractivity contribution in [1.82, 2.24) is 14.7 Å². The molecule has 0 atom stereocenters. The van der Waals surface area contributed by atoms with E-state index in [9.17, 15) is 0 Å². The summed E-state index contributed by atoms with van der Waals surface area (Å²) in [5, 5.41) is 9.21. The van der Waals surface area contributed by atoms with E-state index in [4.69, 9.17) is 4.52 Å². The van der Waals surface area contributed by atoms with Crippen LogP contribution in [0.5, 0.6) is 0 Å². The third-order valence-electron chi connectivity index (χ3n) is 10.0. The van der Waals surface area contributed by atoms with Gasteiger partial charge in [0.1, 0.15) is 0 Å². The maximum atomic E-state index is 5.69. The molecule has 0 fully saturated rings. The third kappa shape index (κ3) is 5.43. The minimum absolute atomic E-state index is 0.483. The van der Waals surface area contributed by atoms with Crippen LogP contribution in [0.3, 0.4) is 0 Å². The van der Waals surface area contributed by atoms with Crippen molar-refractivity contribution in [2.45, 2.75) is 0 Å². The molecule has 0 saturated heterocycles. The third-order valence-corrected chi connectivity index (χ3v) is 10.0. The summed E-state index contributed by atoms with van der Waals surface area (Å²) in [6.07, 6.45) is 0. The summed E-state index contributed by atoms with van der Waals surface area (Å²) in [6.45, 7) is 0. The predicted molar refractivity (Wildman–Crippen MR) is 217 cm³/mol. The predicted octanol–water partition coefficient (Wildman–Crippen LogP) is 12.8. The number of fused-ring (bicyclic) bond motifs is 4. The van der Waals surface area contributed by atoms with Crippen LogP contribution in [0.4, 0.5) is 17.1 Å². The van der Waals surface area contributed by atoms with Crippen LogP contribution >= 0.6 is 0 Å². The maximum Gasteiger partial charge on any atom is 0.258 e. The van der Waals surface area contributed by atoms with Gasteiger partial charge in [-0.05, 0) is 94.7 Å². The van der Waals surface area contributed by atoms with Gasteiger partial charge >= 0.3 is 0 Å². The van der Waals surface area contributed by atoms with Crippen molar-refractivity contribution in [3.05, 3.63) is 194 Å². The molecular weight excluding hydrogens is 649 g/mol. The molecule has 0 aliphatic rings. The number of hydrogen-bond donors (Lipinski definition) is 0. The highest BCUT2D eigenvalue weighted by molar-refractivity contribution is 6.09. The van der Waals surface area contributed by atoms with Crippen molar-refractivity contribution < 1.29 is 4.52 Å². The molecule has 0 spiro atoms. The summed E-state index contributed by atoms with van der Waals surface area (Å²) in [5.74, 6) is 1.05. The smallest absolute Gasteiger partial charge is 0.258 e. The van der Waals surface area contributed by atoms with Crippen LogP contribution in [0, 0.1) is 0 Å². The Balaban J connectivity index is 1.05. The Hall–Kier alpha value is -7.24. The second kappa shape index (κ2) is 12.8. The van der Waals surface area contributed by atoms with Crippen molar-refractivity contribution in [3.8, 4) is 39.7 Å². The van der Waals surface area contributed by atoms with E-state index >= 15 is 0 Å². The first-order chi connectivity index (χ1) is 26.3. The zero-order chi connectivity index (χ0) is 35.1. The highest BCUT2D eigenvalue weighted by Crippen LogP contribution is 2.39. The molecule has 2 heterocycles. The SMILES string of the molecule is c1ccc(-c2noc(-c3ccc(N(c4ccc(-c5cccc6ccccc56)cc4)c4ccc(-n5c6ccccc6c6ccccc65)cc4)cc3)n2)cc1. The van der Waals surface area contributed by atoms with Crippen molar-refractivity contribution >= 4 is 49.6 Å². The van der Waals surface area contributed by atoms with Crippen LogP contribution in [-0.2, 0) is 0 Å². The number of hydrogen-bond acceptors (Lipinski definition) is 4. The second-order valence-electron chi connectivity index (χ2n) is 13.1. The highest BCUT2D eigenvalue weighted by atomic mass is 16.5. The van der Waals surface area contributed by atoms with E-state index in [1.807, 2.05) is 42.5 Å². The molecule has 0 radical (unpaired) electrons. The van der Waals surface area contributed by atoms with E-state index in [0.29, 0.717) is 11.7 Å². The van der Waals surface area contributed by atoms with Gasteiger partial charge in [-0.3, -0.25) is 0 Å². The molecule has 0 unspecified atom stereocenters. The molecule has 8 aromatic carbocycles. The lowest BCUT2D eigenvalue weighted by Crippen LogP contribution is -2.10. The highest BCUT2D eigenvalue weighted by Gasteiger charge is 2.17. The van der Waals surface area contributed by atoms with E-state index in [2.05, 4.69) is 171 Å². The fourth-order valence-electron chi connectivity index (χ4n) is 7.46. The number of anilines is 3. The first kappa shape index (κ1) is 30.6. The van der Waals surface area contributed by atoms with E-state index < -0.39 is 0 Å². The summed E-state index contributed by atoms with van der Waals surface area (Å²) in [7, 11) is 0. The molecular formula is C48H32N4O. The zero-order valence-electron chi connectivity index (χ0n) is 28.7. The van der Waals surface area contributed by atoms with Crippen molar-refractivity contribution in [2.24, 2.45) is 0 Å².